The highest BCUT2D eigenvalue weighted by Gasteiger charge is 2.33. The maximum absolute atomic E-state index is 12.9. The van der Waals surface area contributed by atoms with E-state index < -0.39 is 6.10 Å². The molecular formula is C20H25NO4S. The molecule has 2 atom stereocenters. The summed E-state index contributed by atoms with van der Waals surface area (Å²) in [6.07, 6.45) is 0.233. The topological polar surface area (TPSA) is 59.0 Å². The van der Waals surface area contributed by atoms with Crippen molar-refractivity contribution < 1.29 is 19.4 Å². The fourth-order valence-corrected chi connectivity index (χ4v) is 4.67. The van der Waals surface area contributed by atoms with Crippen LogP contribution >= 0.6 is 11.3 Å². The van der Waals surface area contributed by atoms with Gasteiger partial charge in [0.15, 0.2) is 0 Å². The molecule has 0 saturated carbocycles. The van der Waals surface area contributed by atoms with Gasteiger partial charge in [-0.3, -0.25) is 4.79 Å². The van der Waals surface area contributed by atoms with Crippen molar-refractivity contribution in [3.8, 4) is 5.75 Å². The molecule has 0 bridgehead atoms. The molecule has 1 amide bonds. The van der Waals surface area contributed by atoms with E-state index >= 15 is 0 Å². The van der Waals surface area contributed by atoms with Gasteiger partial charge in [0.25, 0.3) is 5.91 Å². The Labute approximate surface area is 158 Å². The molecule has 1 N–H and O–H groups in total. The summed E-state index contributed by atoms with van der Waals surface area (Å²) in [5.74, 6) is 0.750. The number of hydrogen-bond acceptors (Lipinski definition) is 5. The molecule has 26 heavy (non-hydrogen) atoms. The van der Waals surface area contributed by atoms with E-state index in [1.807, 2.05) is 6.07 Å². The van der Waals surface area contributed by atoms with Gasteiger partial charge in [0.1, 0.15) is 5.75 Å². The van der Waals surface area contributed by atoms with Gasteiger partial charge < -0.3 is 19.5 Å². The quantitative estimate of drug-likeness (QED) is 0.872. The van der Waals surface area contributed by atoms with E-state index in [4.69, 9.17) is 9.47 Å². The molecule has 0 unspecified atom stereocenters. The third-order valence-corrected chi connectivity index (χ3v) is 6.09. The fourth-order valence-electron chi connectivity index (χ4n) is 3.55. The highest BCUT2D eigenvalue weighted by Crippen LogP contribution is 2.34. The first-order valence-corrected chi connectivity index (χ1v) is 9.60. The molecule has 0 spiro atoms. The van der Waals surface area contributed by atoms with Crippen LogP contribution in [0.3, 0.4) is 0 Å². The number of aryl methyl sites for hydroxylation is 1. The number of β-amino-alcohol motifs (C(OH)–C–C–N with tert-alkyl or cyclic N) is 1. The Morgan fingerprint density at radius 1 is 1.35 bits per heavy atom. The highest BCUT2D eigenvalue weighted by molar-refractivity contribution is 7.10. The molecule has 1 aromatic carbocycles. The Balaban J connectivity index is 1.73. The predicted octanol–water partition coefficient (Wildman–Crippen LogP) is 3.20. The number of ether oxygens (including phenoxy) is 2. The minimum absolute atomic E-state index is 0.0644. The largest absolute Gasteiger partial charge is 0.496 e. The zero-order chi connectivity index (χ0) is 18.7. The van der Waals surface area contributed by atoms with Gasteiger partial charge in [0.2, 0.25) is 0 Å². The maximum Gasteiger partial charge on any atom is 0.253 e. The number of aliphatic hydroxyl groups excluding tert-OH is 1. The molecule has 1 fully saturated rings. The van der Waals surface area contributed by atoms with Gasteiger partial charge >= 0.3 is 0 Å². The number of thiophene rings is 1. The van der Waals surface area contributed by atoms with Gasteiger partial charge in [-0.05, 0) is 48.6 Å². The van der Waals surface area contributed by atoms with Crippen molar-refractivity contribution in [3.63, 3.8) is 0 Å². The van der Waals surface area contributed by atoms with Crippen LogP contribution in [0.4, 0.5) is 0 Å². The number of methoxy groups -OCH3 is 2. The summed E-state index contributed by atoms with van der Waals surface area (Å²) in [6, 6.07) is 7.45. The second-order valence-electron chi connectivity index (χ2n) is 6.64. The molecule has 140 valence electrons. The molecule has 1 aliphatic heterocycles. The Kier molecular flexibility index (Phi) is 5.96. The number of carbonyl (C=O) groups excluding carboxylic acids is 1. The van der Waals surface area contributed by atoms with Crippen molar-refractivity contribution in [2.75, 3.05) is 27.3 Å². The van der Waals surface area contributed by atoms with Crippen LogP contribution < -0.4 is 4.74 Å². The molecule has 0 radical (unpaired) electrons. The first-order valence-electron chi connectivity index (χ1n) is 8.72. The van der Waals surface area contributed by atoms with Crippen molar-refractivity contribution in [2.45, 2.75) is 32.0 Å². The number of hydrogen-bond donors (Lipinski definition) is 1. The van der Waals surface area contributed by atoms with Crippen LogP contribution in [0.1, 0.15) is 38.7 Å². The summed E-state index contributed by atoms with van der Waals surface area (Å²) in [4.78, 5) is 15.9. The Morgan fingerprint density at radius 3 is 2.77 bits per heavy atom. The number of benzene rings is 1. The lowest BCUT2D eigenvalue weighted by molar-refractivity contribution is 0.0386. The van der Waals surface area contributed by atoms with Gasteiger partial charge in [0.05, 0.1) is 19.8 Å². The summed E-state index contributed by atoms with van der Waals surface area (Å²) in [6.45, 7) is 3.45. The highest BCUT2D eigenvalue weighted by atomic mass is 32.1. The first kappa shape index (κ1) is 18.9. The van der Waals surface area contributed by atoms with Crippen LogP contribution in [-0.2, 0) is 11.3 Å². The molecule has 1 aromatic heterocycles. The molecule has 2 aromatic rings. The summed E-state index contributed by atoms with van der Waals surface area (Å²) < 4.78 is 10.5. The molecule has 2 heterocycles. The lowest BCUT2D eigenvalue weighted by atomic mass is 9.90. The van der Waals surface area contributed by atoms with Crippen LogP contribution in [0.2, 0.25) is 0 Å². The molecule has 1 aliphatic rings. The Hall–Kier alpha value is -1.89. The number of carbonyl (C=O) groups is 1. The average molecular weight is 375 g/mol. The summed E-state index contributed by atoms with van der Waals surface area (Å²) >= 11 is 1.69. The Morgan fingerprint density at radius 2 is 2.15 bits per heavy atom. The van der Waals surface area contributed by atoms with Crippen molar-refractivity contribution in [2.24, 2.45) is 0 Å². The van der Waals surface area contributed by atoms with E-state index in [0.29, 0.717) is 31.0 Å². The minimum Gasteiger partial charge on any atom is -0.496 e. The third-order valence-electron chi connectivity index (χ3n) is 4.93. The van der Waals surface area contributed by atoms with E-state index in [9.17, 15) is 9.90 Å². The fraction of sp³-hybridized carbons (Fsp3) is 0.450. The number of nitrogens with zero attached hydrogens (tertiary/aromatic N) is 1. The minimum atomic E-state index is -0.540. The third kappa shape index (κ3) is 3.77. The van der Waals surface area contributed by atoms with E-state index in [0.717, 1.165) is 12.0 Å². The first-order chi connectivity index (χ1) is 12.5. The lowest BCUT2D eigenvalue weighted by Gasteiger charge is -2.36. The lowest BCUT2D eigenvalue weighted by Crippen LogP contribution is -2.45. The summed E-state index contributed by atoms with van der Waals surface area (Å²) in [5.41, 5.74) is 2.65. The van der Waals surface area contributed by atoms with E-state index in [1.54, 1.807) is 42.6 Å². The predicted molar refractivity (Wildman–Crippen MR) is 102 cm³/mol. The Bertz CT molecular complexity index is 773. The normalized spacial score (nSPS) is 20.2. The van der Waals surface area contributed by atoms with Gasteiger partial charge in [-0.2, -0.15) is 0 Å². The number of likely N-dealkylation sites (tertiary alicyclic amines) is 1. The van der Waals surface area contributed by atoms with Crippen LogP contribution in [-0.4, -0.2) is 49.3 Å². The van der Waals surface area contributed by atoms with Gasteiger partial charge in [0, 0.05) is 42.1 Å². The van der Waals surface area contributed by atoms with Crippen LogP contribution in [0.15, 0.2) is 29.6 Å². The van der Waals surface area contributed by atoms with Crippen molar-refractivity contribution in [1.82, 2.24) is 4.90 Å². The number of rotatable bonds is 5. The SMILES string of the molecule is COCc1cc(C(=O)N2CC[C@@H](c3sccc3C)[C@H](O)C2)ccc1OC. The van der Waals surface area contributed by atoms with Gasteiger partial charge in [-0.15, -0.1) is 11.3 Å². The monoisotopic (exact) mass is 375 g/mol. The summed E-state index contributed by atoms with van der Waals surface area (Å²) in [5, 5.41) is 12.7. The molecule has 1 saturated heterocycles. The molecule has 3 rings (SSSR count). The zero-order valence-corrected chi connectivity index (χ0v) is 16.2. The number of piperidine rings is 1. The molecule has 5 nitrogen and oxygen atoms in total. The van der Waals surface area contributed by atoms with Gasteiger partial charge in [-0.1, -0.05) is 0 Å². The van der Waals surface area contributed by atoms with Crippen LogP contribution in [0, 0.1) is 6.92 Å². The maximum atomic E-state index is 12.9. The van der Waals surface area contributed by atoms with Crippen molar-refractivity contribution in [1.29, 1.82) is 0 Å². The summed E-state index contributed by atoms with van der Waals surface area (Å²) in [7, 11) is 3.21. The standard InChI is InChI=1S/C20H25NO4S/c1-13-7-9-26-19(13)16-6-8-21(11-17(16)22)20(23)14-4-5-18(25-3)15(10-14)12-24-2/h4-5,7,9-10,16-17,22H,6,8,11-12H2,1-3H3/t16-,17-/m1/s1. The second-order valence-corrected chi connectivity index (χ2v) is 7.59. The average Bonchev–Trinajstić information content (AvgIpc) is 3.07. The van der Waals surface area contributed by atoms with E-state index in [-0.39, 0.29) is 11.8 Å². The zero-order valence-electron chi connectivity index (χ0n) is 15.4. The van der Waals surface area contributed by atoms with E-state index in [2.05, 4.69) is 18.4 Å². The molecule has 0 aliphatic carbocycles. The van der Waals surface area contributed by atoms with E-state index in [1.165, 1.54) is 10.4 Å². The van der Waals surface area contributed by atoms with Crippen molar-refractivity contribution >= 4 is 17.2 Å². The second kappa shape index (κ2) is 8.20. The van der Waals surface area contributed by atoms with Crippen molar-refractivity contribution in [3.05, 3.63) is 51.2 Å². The van der Waals surface area contributed by atoms with Gasteiger partial charge in [-0.25, -0.2) is 0 Å². The number of aliphatic hydroxyl groups is 1. The molecule has 6 heteroatoms. The number of amides is 1. The molecular weight excluding hydrogens is 350 g/mol. The van der Waals surface area contributed by atoms with Crippen LogP contribution in [0.25, 0.3) is 0 Å². The van der Waals surface area contributed by atoms with Crippen LogP contribution in [0.5, 0.6) is 5.75 Å². The smallest absolute Gasteiger partial charge is 0.253 e.